The van der Waals surface area contributed by atoms with E-state index >= 15 is 0 Å². The smallest absolute Gasteiger partial charge is 0.313 e. The Labute approximate surface area is 144 Å². The third kappa shape index (κ3) is 3.10. The molecule has 0 saturated carbocycles. The molecule has 126 valence electrons. The van der Waals surface area contributed by atoms with Crippen LogP contribution >= 0.6 is 11.3 Å². The Balaban J connectivity index is 0.00000182. The Hall–Kier alpha value is -3.17. The van der Waals surface area contributed by atoms with Crippen molar-refractivity contribution in [2.24, 2.45) is 0 Å². The van der Waals surface area contributed by atoms with E-state index in [-0.39, 0.29) is 28.2 Å². The molecule has 0 spiro atoms. The standard InChI is InChI=1S/C16H9FN4O2S.H2O/c17-10-4-1-8(2-5-10)9-3-6-11-12(7-9)24-15(19-11)13(22)14-20-21-16(18)23-14;/h1-7H,(H2,18,21);1H2. The van der Waals surface area contributed by atoms with Crippen LogP contribution in [0.3, 0.4) is 0 Å². The maximum absolute atomic E-state index is 13.0. The van der Waals surface area contributed by atoms with Crippen LogP contribution in [0.15, 0.2) is 46.9 Å². The van der Waals surface area contributed by atoms with Gasteiger partial charge in [0, 0.05) is 0 Å². The molecule has 4 N–H and O–H groups in total. The highest BCUT2D eigenvalue weighted by Crippen LogP contribution is 2.29. The minimum Gasteiger partial charge on any atom is -0.412 e. The second-order valence-corrected chi connectivity index (χ2v) is 6.01. The quantitative estimate of drug-likeness (QED) is 0.561. The van der Waals surface area contributed by atoms with Crippen LogP contribution in [0.1, 0.15) is 15.7 Å². The van der Waals surface area contributed by atoms with Gasteiger partial charge in [-0.05, 0) is 35.4 Å². The molecule has 0 saturated heterocycles. The lowest BCUT2D eigenvalue weighted by molar-refractivity contribution is 0.100. The van der Waals surface area contributed by atoms with Crippen molar-refractivity contribution >= 4 is 33.4 Å². The van der Waals surface area contributed by atoms with E-state index in [4.69, 9.17) is 10.2 Å². The summed E-state index contributed by atoms with van der Waals surface area (Å²) in [5, 5.41) is 7.28. The molecule has 0 amide bonds. The normalized spacial score (nSPS) is 10.6. The lowest BCUT2D eigenvalue weighted by Crippen LogP contribution is -2.00. The van der Waals surface area contributed by atoms with Crippen molar-refractivity contribution in [1.29, 1.82) is 0 Å². The Morgan fingerprint density at radius 3 is 2.48 bits per heavy atom. The van der Waals surface area contributed by atoms with Crippen LogP contribution in [-0.2, 0) is 0 Å². The summed E-state index contributed by atoms with van der Waals surface area (Å²) in [6, 6.07) is 11.6. The molecule has 25 heavy (non-hydrogen) atoms. The zero-order valence-electron chi connectivity index (χ0n) is 12.6. The van der Waals surface area contributed by atoms with Crippen molar-refractivity contribution in [3.05, 3.63) is 59.2 Å². The number of aromatic nitrogens is 3. The lowest BCUT2D eigenvalue weighted by atomic mass is 10.1. The number of nitrogen functional groups attached to an aromatic ring is 1. The van der Waals surface area contributed by atoms with Crippen molar-refractivity contribution in [3.63, 3.8) is 0 Å². The monoisotopic (exact) mass is 358 g/mol. The first kappa shape index (κ1) is 16.7. The van der Waals surface area contributed by atoms with Crippen LogP contribution < -0.4 is 5.73 Å². The summed E-state index contributed by atoms with van der Waals surface area (Å²) in [5.41, 5.74) is 7.80. The van der Waals surface area contributed by atoms with E-state index in [1.54, 1.807) is 12.1 Å². The molecule has 0 atom stereocenters. The topological polar surface area (TPSA) is 126 Å². The van der Waals surface area contributed by atoms with Gasteiger partial charge in [0.1, 0.15) is 5.82 Å². The molecule has 7 nitrogen and oxygen atoms in total. The number of anilines is 1. The Bertz CT molecular complexity index is 1060. The molecule has 9 heteroatoms. The van der Waals surface area contributed by atoms with E-state index in [9.17, 15) is 9.18 Å². The predicted molar refractivity (Wildman–Crippen MR) is 90.8 cm³/mol. The molecule has 2 heterocycles. The number of carbonyl (C=O) groups excluding carboxylic acids is 1. The molecule has 0 bridgehead atoms. The number of nitrogens with zero attached hydrogens (tertiary/aromatic N) is 3. The number of benzene rings is 2. The van der Waals surface area contributed by atoms with Crippen molar-refractivity contribution in [3.8, 4) is 11.1 Å². The van der Waals surface area contributed by atoms with Crippen LogP contribution in [0.4, 0.5) is 10.4 Å². The van der Waals surface area contributed by atoms with E-state index in [0.29, 0.717) is 5.52 Å². The van der Waals surface area contributed by atoms with Crippen molar-refractivity contribution in [2.45, 2.75) is 0 Å². The molecule has 2 aromatic heterocycles. The maximum atomic E-state index is 13.0. The number of ketones is 1. The van der Waals surface area contributed by atoms with E-state index in [1.165, 1.54) is 23.5 Å². The van der Waals surface area contributed by atoms with Gasteiger partial charge in [-0.3, -0.25) is 4.79 Å². The molecule has 0 aliphatic rings. The zero-order valence-corrected chi connectivity index (χ0v) is 13.4. The summed E-state index contributed by atoms with van der Waals surface area (Å²) in [7, 11) is 0. The zero-order chi connectivity index (χ0) is 16.7. The van der Waals surface area contributed by atoms with E-state index in [2.05, 4.69) is 15.2 Å². The highest BCUT2D eigenvalue weighted by molar-refractivity contribution is 7.20. The number of hydrogen-bond donors (Lipinski definition) is 1. The van der Waals surface area contributed by atoms with E-state index in [0.717, 1.165) is 15.8 Å². The van der Waals surface area contributed by atoms with Crippen LogP contribution in [0, 0.1) is 5.82 Å². The fourth-order valence-electron chi connectivity index (χ4n) is 2.26. The highest BCUT2D eigenvalue weighted by Gasteiger charge is 2.20. The van der Waals surface area contributed by atoms with Crippen LogP contribution in [0.25, 0.3) is 21.3 Å². The SMILES string of the molecule is Nc1nnc(C(=O)c2nc3ccc(-c4ccc(F)cc4)cc3s2)o1.O. The third-order valence-electron chi connectivity index (χ3n) is 3.40. The van der Waals surface area contributed by atoms with Gasteiger partial charge in [0.2, 0.25) is 0 Å². The summed E-state index contributed by atoms with van der Waals surface area (Å²) in [6.07, 6.45) is 0. The largest absolute Gasteiger partial charge is 0.412 e. The first-order valence-electron chi connectivity index (χ1n) is 6.90. The predicted octanol–water partition coefficient (Wildman–Crippen LogP) is 2.47. The minimum absolute atomic E-state index is 0. The van der Waals surface area contributed by atoms with Gasteiger partial charge in [0.25, 0.3) is 11.7 Å². The number of nitrogens with two attached hydrogens (primary N) is 1. The van der Waals surface area contributed by atoms with Gasteiger partial charge in [-0.2, -0.15) is 0 Å². The Morgan fingerprint density at radius 2 is 1.80 bits per heavy atom. The summed E-state index contributed by atoms with van der Waals surface area (Å²) in [6.45, 7) is 0. The Kier molecular flexibility index (Phi) is 4.26. The number of fused-ring (bicyclic) bond motifs is 1. The second-order valence-electron chi connectivity index (χ2n) is 4.98. The maximum Gasteiger partial charge on any atom is 0.313 e. The lowest BCUT2D eigenvalue weighted by Gasteiger charge is -2.01. The molecular weight excluding hydrogens is 347 g/mol. The minimum atomic E-state index is -0.469. The molecule has 0 unspecified atom stereocenters. The van der Waals surface area contributed by atoms with Crippen molar-refractivity contribution in [1.82, 2.24) is 15.2 Å². The fraction of sp³-hybridized carbons (Fsp3) is 0. The van der Waals surface area contributed by atoms with Crippen LogP contribution in [0.2, 0.25) is 0 Å². The average Bonchev–Trinajstić information content (AvgIpc) is 3.20. The molecule has 2 aromatic carbocycles. The van der Waals surface area contributed by atoms with Crippen molar-refractivity contribution in [2.75, 3.05) is 5.73 Å². The van der Waals surface area contributed by atoms with Gasteiger partial charge >= 0.3 is 6.01 Å². The fourth-order valence-corrected chi connectivity index (χ4v) is 3.20. The summed E-state index contributed by atoms with van der Waals surface area (Å²) in [4.78, 5) is 16.6. The second kappa shape index (κ2) is 6.38. The molecule has 4 rings (SSSR count). The van der Waals surface area contributed by atoms with Crippen molar-refractivity contribution < 1.29 is 19.1 Å². The summed E-state index contributed by atoms with van der Waals surface area (Å²) < 4.78 is 18.8. The third-order valence-corrected chi connectivity index (χ3v) is 4.41. The number of thiazole rings is 1. The molecule has 4 aromatic rings. The number of rotatable bonds is 3. The van der Waals surface area contributed by atoms with Gasteiger partial charge < -0.3 is 15.6 Å². The van der Waals surface area contributed by atoms with Gasteiger partial charge in [-0.1, -0.05) is 23.3 Å². The summed E-state index contributed by atoms with van der Waals surface area (Å²) >= 11 is 1.22. The van der Waals surface area contributed by atoms with E-state index < -0.39 is 5.78 Å². The molecule has 0 fully saturated rings. The Morgan fingerprint density at radius 1 is 1.08 bits per heavy atom. The first-order valence-corrected chi connectivity index (χ1v) is 7.72. The highest BCUT2D eigenvalue weighted by atomic mass is 32.1. The van der Waals surface area contributed by atoms with Gasteiger partial charge in [0.05, 0.1) is 10.2 Å². The van der Waals surface area contributed by atoms with Gasteiger partial charge in [0.15, 0.2) is 5.01 Å². The number of hydrogen-bond acceptors (Lipinski definition) is 7. The van der Waals surface area contributed by atoms with E-state index in [1.807, 2.05) is 18.2 Å². The van der Waals surface area contributed by atoms with Gasteiger partial charge in [-0.15, -0.1) is 16.4 Å². The molecule has 0 radical (unpaired) electrons. The van der Waals surface area contributed by atoms with Crippen LogP contribution in [-0.4, -0.2) is 26.4 Å². The first-order chi connectivity index (χ1) is 11.6. The molecule has 0 aliphatic carbocycles. The van der Waals surface area contributed by atoms with Crippen LogP contribution in [0.5, 0.6) is 0 Å². The number of carbonyl (C=O) groups is 1. The average molecular weight is 358 g/mol. The molecule has 0 aliphatic heterocycles. The summed E-state index contributed by atoms with van der Waals surface area (Å²) in [5.74, 6) is -0.946. The molecular formula is C16H11FN4O3S. The van der Waals surface area contributed by atoms with Gasteiger partial charge in [-0.25, -0.2) is 9.37 Å². The number of halogens is 1.